The highest BCUT2D eigenvalue weighted by Gasteiger charge is 2.32. The molecule has 1 aromatic carbocycles. The number of hydrogen-bond acceptors (Lipinski definition) is 5. The molecule has 0 saturated heterocycles. The minimum absolute atomic E-state index is 0.0546. The number of carbonyl (C=O) groups is 2. The Labute approximate surface area is 108 Å². The summed E-state index contributed by atoms with van der Waals surface area (Å²) in [6, 6.07) is 1.30. The Morgan fingerprint density at radius 1 is 1.61 bits per heavy atom. The molecule has 0 unspecified atom stereocenters. The van der Waals surface area contributed by atoms with Crippen molar-refractivity contribution in [3.8, 4) is 5.75 Å². The van der Waals surface area contributed by atoms with Crippen LogP contribution in [0, 0.1) is 0 Å². The van der Waals surface area contributed by atoms with E-state index in [4.69, 9.17) is 16.3 Å². The Balaban J connectivity index is 2.66. The van der Waals surface area contributed by atoms with Gasteiger partial charge in [0.05, 0.1) is 7.11 Å². The number of rotatable bonds is 1. The standard InChI is InChI=1S/C12H11ClO5/c1-5-3-6-8(13)4-7(11(15)17-2)10(14)9(6)12(16)18-5/h4-5,14H,3H2,1-2H3/t5-/m1/s1. The second kappa shape index (κ2) is 4.49. The minimum Gasteiger partial charge on any atom is -0.506 e. The summed E-state index contributed by atoms with van der Waals surface area (Å²) in [6.45, 7) is 1.72. The Bertz CT molecular complexity index is 538. The summed E-state index contributed by atoms with van der Waals surface area (Å²) >= 11 is 6.02. The van der Waals surface area contributed by atoms with Crippen LogP contribution in [-0.2, 0) is 15.9 Å². The van der Waals surface area contributed by atoms with Crippen LogP contribution >= 0.6 is 11.6 Å². The molecule has 1 N–H and O–H groups in total. The maximum Gasteiger partial charge on any atom is 0.342 e. The Kier molecular flexibility index (Phi) is 3.17. The molecule has 1 aliphatic rings. The molecule has 6 heteroatoms. The number of hydrogen-bond donors (Lipinski definition) is 1. The van der Waals surface area contributed by atoms with Gasteiger partial charge in [0.1, 0.15) is 23.0 Å². The smallest absolute Gasteiger partial charge is 0.342 e. The van der Waals surface area contributed by atoms with Gasteiger partial charge in [-0.05, 0) is 18.6 Å². The fourth-order valence-electron chi connectivity index (χ4n) is 1.93. The SMILES string of the molecule is COC(=O)c1cc(Cl)c2c(c1O)C(=O)O[C@H](C)C2. The second-order valence-electron chi connectivity index (χ2n) is 4.02. The van der Waals surface area contributed by atoms with Crippen LogP contribution in [0.25, 0.3) is 0 Å². The predicted octanol–water partition coefficient (Wildman–Crippen LogP) is 1.93. The molecule has 0 aliphatic carbocycles. The zero-order valence-electron chi connectivity index (χ0n) is 9.82. The van der Waals surface area contributed by atoms with Crippen LogP contribution in [0.15, 0.2) is 6.07 Å². The fraction of sp³-hybridized carbons (Fsp3) is 0.333. The molecule has 0 fully saturated rings. The third-order valence-electron chi connectivity index (χ3n) is 2.76. The summed E-state index contributed by atoms with van der Waals surface area (Å²) in [5, 5.41) is 10.2. The highest BCUT2D eigenvalue weighted by molar-refractivity contribution is 6.32. The van der Waals surface area contributed by atoms with Crippen LogP contribution in [0.5, 0.6) is 5.75 Å². The molecule has 1 aromatic rings. The first-order valence-electron chi connectivity index (χ1n) is 5.29. The number of fused-ring (bicyclic) bond motifs is 1. The zero-order valence-corrected chi connectivity index (χ0v) is 10.6. The number of carbonyl (C=O) groups excluding carboxylic acids is 2. The first kappa shape index (κ1) is 12.7. The summed E-state index contributed by atoms with van der Waals surface area (Å²) in [5.41, 5.74) is 0.291. The average Bonchev–Trinajstić information content (AvgIpc) is 2.31. The van der Waals surface area contributed by atoms with Gasteiger partial charge in [0.2, 0.25) is 0 Å². The number of phenolic OH excluding ortho intramolecular Hbond substituents is 1. The van der Waals surface area contributed by atoms with E-state index in [0.717, 1.165) is 0 Å². The van der Waals surface area contributed by atoms with Crippen molar-refractivity contribution in [3.05, 3.63) is 27.8 Å². The molecule has 0 saturated carbocycles. The van der Waals surface area contributed by atoms with Gasteiger partial charge in [0, 0.05) is 11.4 Å². The molecule has 96 valence electrons. The highest BCUT2D eigenvalue weighted by Crippen LogP contribution is 2.36. The largest absolute Gasteiger partial charge is 0.506 e. The summed E-state index contributed by atoms with van der Waals surface area (Å²) in [6.07, 6.45) is 0.0837. The number of cyclic esters (lactones) is 1. The van der Waals surface area contributed by atoms with Crippen LogP contribution in [0.1, 0.15) is 33.2 Å². The Hall–Kier alpha value is -1.75. The van der Waals surface area contributed by atoms with E-state index < -0.39 is 17.7 Å². The molecule has 0 radical (unpaired) electrons. The van der Waals surface area contributed by atoms with Crippen molar-refractivity contribution >= 4 is 23.5 Å². The molecule has 1 aliphatic heterocycles. The maximum absolute atomic E-state index is 11.7. The van der Waals surface area contributed by atoms with Gasteiger partial charge >= 0.3 is 11.9 Å². The van der Waals surface area contributed by atoms with E-state index in [2.05, 4.69) is 4.74 Å². The summed E-state index contributed by atoms with van der Waals surface area (Å²) in [5.74, 6) is -1.89. The lowest BCUT2D eigenvalue weighted by Gasteiger charge is -2.24. The van der Waals surface area contributed by atoms with Gasteiger partial charge in [0.25, 0.3) is 0 Å². The molecular formula is C12H11ClO5. The highest BCUT2D eigenvalue weighted by atomic mass is 35.5. The van der Waals surface area contributed by atoms with Crippen LogP contribution in [-0.4, -0.2) is 30.3 Å². The van der Waals surface area contributed by atoms with E-state index >= 15 is 0 Å². The molecule has 0 spiro atoms. The molecule has 0 bridgehead atoms. The number of ether oxygens (including phenoxy) is 2. The third-order valence-corrected chi connectivity index (χ3v) is 3.10. The van der Waals surface area contributed by atoms with Crippen molar-refractivity contribution < 1.29 is 24.2 Å². The van der Waals surface area contributed by atoms with Gasteiger partial charge in [-0.2, -0.15) is 0 Å². The van der Waals surface area contributed by atoms with E-state index in [-0.39, 0.29) is 22.3 Å². The van der Waals surface area contributed by atoms with Crippen LogP contribution in [0.2, 0.25) is 5.02 Å². The van der Waals surface area contributed by atoms with E-state index in [1.807, 2.05) is 0 Å². The number of phenols is 1. The van der Waals surface area contributed by atoms with Crippen molar-refractivity contribution in [1.29, 1.82) is 0 Å². The zero-order chi connectivity index (χ0) is 13.4. The summed E-state index contributed by atoms with van der Waals surface area (Å²) in [4.78, 5) is 23.2. The maximum atomic E-state index is 11.7. The molecule has 0 aromatic heterocycles. The van der Waals surface area contributed by atoms with Crippen LogP contribution < -0.4 is 0 Å². The molecule has 2 rings (SSSR count). The van der Waals surface area contributed by atoms with Gasteiger partial charge in [-0.1, -0.05) is 11.6 Å². The van der Waals surface area contributed by atoms with E-state index in [1.165, 1.54) is 13.2 Å². The number of benzene rings is 1. The normalized spacial score (nSPS) is 17.9. The summed E-state index contributed by atoms with van der Waals surface area (Å²) < 4.78 is 9.52. The Morgan fingerprint density at radius 3 is 2.89 bits per heavy atom. The van der Waals surface area contributed by atoms with Gasteiger partial charge in [0.15, 0.2) is 0 Å². The van der Waals surface area contributed by atoms with Gasteiger partial charge < -0.3 is 14.6 Å². The predicted molar refractivity (Wildman–Crippen MR) is 63.0 cm³/mol. The van der Waals surface area contributed by atoms with E-state index in [1.54, 1.807) is 6.92 Å². The topological polar surface area (TPSA) is 72.8 Å². The van der Waals surface area contributed by atoms with Gasteiger partial charge in [-0.3, -0.25) is 0 Å². The number of aromatic hydroxyl groups is 1. The summed E-state index contributed by atoms with van der Waals surface area (Å²) in [7, 11) is 1.18. The molecule has 5 nitrogen and oxygen atoms in total. The van der Waals surface area contributed by atoms with Gasteiger partial charge in [-0.25, -0.2) is 9.59 Å². The first-order valence-corrected chi connectivity index (χ1v) is 5.67. The molecule has 1 atom stereocenters. The molecule has 18 heavy (non-hydrogen) atoms. The van der Waals surface area contributed by atoms with Crippen LogP contribution in [0.3, 0.4) is 0 Å². The Morgan fingerprint density at radius 2 is 2.28 bits per heavy atom. The monoisotopic (exact) mass is 270 g/mol. The lowest BCUT2D eigenvalue weighted by Crippen LogP contribution is -2.26. The van der Waals surface area contributed by atoms with Gasteiger partial charge in [-0.15, -0.1) is 0 Å². The van der Waals surface area contributed by atoms with Crippen LogP contribution in [0.4, 0.5) is 0 Å². The number of esters is 2. The van der Waals surface area contributed by atoms with Crippen molar-refractivity contribution in [2.24, 2.45) is 0 Å². The average molecular weight is 271 g/mol. The van der Waals surface area contributed by atoms with Crippen molar-refractivity contribution in [1.82, 2.24) is 0 Å². The fourth-order valence-corrected chi connectivity index (χ4v) is 2.22. The van der Waals surface area contributed by atoms with Crippen molar-refractivity contribution in [3.63, 3.8) is 0 Å². The lowest BCUT2D eigenvalue weighted by atomic mass is 9.95. The quantitative estimate of drug-likeness (QED) is 0.790. The number of methoxy groups -OCH3 is 1. The first-order chi connectivity index (χ1) is 8.45. The number of halogens is 1. The molecule has 0 amide bonds. The molecule has 1 heterocycles. The van der Waals surface area contributed by atoms with E-state index in [0.29, 0.717) is 12.0 Å². The minimum atomic E-state index is -0.761. The third kappa shape index (κ3) is 1.90. The van der Waals surface area contributed by atoms with E-state index in [9.17, 15) is 14.7 Å². The molecular weight excluding hydrogens is 260 g/mol. The van der Waals surface area contributed by atoms with Crippen molar-refractivity contribution in [2.75, 3.05) is 7.11 Å². The second-order valence-corrected chi connectivity index (χ2v) is 4.43. The van der Waals surface area contributed by atoms with Crippen molar-refractivity contribution in [2.45, 2.75) is 19.4 Å². The lowest BCUT2D eigenvalue weighted by molar-refractivity contribution is 0.0297.